The highest BCUT2D eigenvalue weighted by molar-refractivity contribution is 5.76. The average molecular weight is 375 g/mol. The minimum absolute atomic E-state index is 0.131. The van der Waals surface area contributed by atoms with Gasteiger partial charge >= 0.3 is 0 Å². The second-order valence-corrected chi connectivity index (χ2v) is 7.54. The monoisotopic (exact) mass is 375 g/mol. The van der Waals surface area contributed by atoms with Crippen LogP contribution in [0.25, 0.3) is 28.3 Å². The Bertz CT molecular complexity index is 1160. The van der Waals surface area contributed by atoms with Gasteiger partial charge < -0.3 is 0 Å². The number of carbonyl (C=O) groups excluding carboxylic acids is 1. The van der Waals surface area contributed by atoms with Gasteiger partial charge in [-0.25, -0.2) is 9.97 Å². The quantitative estimate of drug-likeness (QED) is 0.517. The minimum Gasteiger partial charge on any atom is -0.300 e. The lowest BCUT2D eigenvalue weighted by atomic mass is 10.1. The zero-order chi connectivity index (χ0) is 19.3. The first-order valence-electron chi connectivity index (χ1n) is 9.45. The van der Waals surface area contributed by atoms with Crippen molar-refractivity contribution >= 4 is 11.4 Å². The summed E-state index contributed by atoms with van der Waals surface area (Å²) >= 11 is 0. The van der Waals surface area contributed by atoms with Gasteiger partial charge in [-0.2, -0.15) is 10.2 Å². The van der Waals surface area contributed by atoms with Gasteiger partial charge in [0.1, 0.15) is 17.3 Å². The normalized spacial score (nSPS) is 15.2. The Labute approximate surface area is 161 Å². The number of imidazole rings is 1. The molecule has 4 heterocycles. The van der Waals surface area contributed by atoms with Crippen molar-refractivity contribution in [2.75, 3.05) is 0 Å². The predicted molar refractivity (Wildman–Crippen MR) is 103 cm³/mol. The van der Waals surface area contributed by atoms with Gasteiger partial charge in [-0.3, -0.25) is 18.6 Å². The molecule has 8 heteroatoms. The molecule has 1 unspecified atom stereocenters. The third kappa shape index (κ3) is 3.00. The molecule has 0 bridgehead atoms. The number of rotatable bonds is 6. The molecule has 1 aliphatic carbocycles. The fourth-order valence-corrected chi connectivity index (χ4v) is 3.71. The van der Waals surface area contributed by atoms with Crippen LogP contribution in [-0.2, 0) is 11.8 Å². The zero-order valence-electron chi connectivity index (χ0n) is 15.9. The number of aryl methyl sites for hydroxylation is 1. The van der Waals surface area contributed by atoms with Crippen LogP contribution in [0, 0.1) is 5.92 Å². The number of aromatic nitrogens is 7. The Morgan fingerprint density at radius 2 is 2.04 bits per heavy atom. The molecule has 1 fully saturated rings. The van der Waals surface area contributed by atoms with Crippen molar-refractivity contribution in [3.63, 3.8) is 0 Å². The molecule has 4 aromatic rings. The molecule has 1 atom stereocenters. The molecule has 4 aromatic heterocycles. The highest BCUT2D eigenvalue weighted by atomic mass is 16.1. The molecule has 0 amide bonds. The second-order valence-electron chi connectivity index (χ2n) is 7.54. The Morgan fingerprint density at radius 1 is 1.21 bits per heavy atom. The Morgan fingerprint density at radius 3 is 2.75 bits per heavy atom. The van der Waals surface area contributed by atoms with Crippen LogP contribution in [0.4, 0.5) is 0 Å². The predicted octanol–water partition coefficient (Wildman–Crippen LogP) is 2.92. The fraction of sp³-hybridized carbons (Fsp3) is 0.350. The second kappa shape index (κ2) is 6.40. The molecule has 0 N–H and O–H groups in total. The lowest BCUT2D eigenvalue weighted by molar-refractivity contribution is -0.117. The van der Waals surface area contributed by atoms with E-state index in [9.17, 15) is 4.79 Å². The van der Waals surface area contributed by atoms with Gasteiger partial charge in [0.15, 0.2) is 0 Å². The average Bonchev–Trinajstić information content (AvgIpc) is 3.07. The fourth-order valence-electron chi connectivity index (χ4n) is 3.71. The van der Waals surface area contributed by atoms with Gasteiger partial charge in [0, 0.05) is 49.9 Å². The third-order valence-corrected chi connectivity index (χ3v) is 5.25. The minimum atomic E-state index is 0.131. The summed E-state index contributed by atoms with van der Waals surface area (Å²) < 4.78 is 5.65. The van der Waals surface area contributed by atoms with Gasteiger partial charge in [-0.15, -0.1) is 0 Å². The van der Waals surface area contributed by atoms with Crippen LogP contribution in [0.1, 0.15) is 32.2 Å². The van der Waals surface area contributed by atoms with Gasteiger partial charge in [-0.1, -0.05) is 0 Å². The summed E-state index contributed by atoms with van der Waals surface area (Å²) in [5.74, 6) is 1.51. The van der Waals surface area contributed by atoms with Crippen LogP contribution < -0.4 is 0 Å². The summed E-state index contributed by atoms with van der Waals surface area (Å²) in [5, 5.41) is 8.82. The van der Waals surface area contributed by atoms with Gasteiger partial charge in [0.2, 0.25) is 0 Å². The molecule has 0 aromatic carbocycles. The number of ketones is 1. The highest BCUT2D eigenvalue weighted by Gasteiger charge is 2.34. The molecule has 0 aliphatic heterocycles. The number of Topliss-reactive ketones (excluding diaryl/α,β-unsaturated/α-hetero) is 1. The summed E-state index contributed by atoms with van der Waals surface area (Å²) in [4.78, 5) is 21.0. The zero-order valence-corrected chi connectivity index (χ0v) is 15.9. The van der Waals surface area contributed by atoms with Crippen LogP contribution in [0.5, 0.6) is 0 Å². The molecule has 28 heavy (non-hydrogen) atoms. The Kier molecular flexibility index (Phi) is 3.85. The molecule has 142 valence electrons. The summed E-state index contributed by atoms with van der Waals surface area (Å²) in [5.41, 5.74) is 3.48. The standard InChI is InChI=1S/C20H21N7O/c1-13(28)7-18(14-3-4-14)27-12-16(10-23-27)20-24-17(15-9-22-25(2)11-15)8-19-21-5-6-26(19)20/h5-6,8-12,14,18H,3-4,7H2,1-2H3. The largest absolute Gasteiger partial charge is 0.300 e. The first-order valence-corrected chi connectivity index (χ1v) is 9.45. The Balaban J connectivity index is 1.58. The Hall–Kier alpha value is -3.29. The van der Waals surface area contributed by atoms with Crippen molar-refractivity contribution in [1.29, 1.82) is 0 Å². The molecular weight excluding hydrogens is 354 g/mol. The van der Waals surface area contributed by atoms with Crippen molar-refractivity contribution in [2.45, 2.75) is 32.2 Å². The van der Waals surface area contributed by atoms with E-state index in [1.807, 2.05) is 47.0 Å². The topological polar surface area (TPSA) is 82.9 Å². The first kappa shape index (κ1) is 16.9. The molecule has 5 rings (SSSR count). The third-order valence-electron chi connectivity index (χ3n) is 5.25. The van der Waals surface area contributed by atoms with Crippen molar-refractivity contribution in [2.24, 2.45) is 13.0 Å². The summed E-state index contributed by atoms with van der Waals surface area (Å²) in [6.07, 6.45) is 14.1. The van der Waals surface area contributed by atoms with Crippen LogP contribution in [0.3, 0.4) is 0 Å². The SMILES string of the molecule is CC(=O)CC(C1CC1)n1cc(-c2nc(-c3cnn(C)c3)cc3nccn23)cn1. The first-order chi connectivity index (χ1) is 13.6. The molecule has 0 spiro atoms. The van der Waals surface area contributed by atoms with Crippen LogP contribution in [0.2, 0.25) is 0 Å². The van der Waals surface area contributed by atoms with Crippen LogP contribution in [0.15, 0.2) is 43.2 Å². The lowest BCUT2D eigenvalue weighted by Gasteiger charge is -2.15. The molecule has 1 saturated carbocycles. The number of hydrogen-bond acceptors (Lipinski definition) is 5. The van der Waals surface area contributed by atoms with Gasteiger partial charge in [0.05, 0.1) is 29.7 Å². The molecule has 0 saturated heterocycles. The number of nitrogens with zero attached hydrogens (tertiary/aromatic N) is 7. The lowest BCUT2D eigenvalue weighted by Crippen LogP contribution is -2.15. The van der Waals surface area contributed by atoms with Crippen LogP contribution >= 0.6 is 0 Å². The highest BCUT2D eigenvalue weighted by Crippen LogP contribution is 2.41. The molecule has 1 aliphatic rings. The van der Waals surface area contributed by atoms with E-state index in [2.05, 4.69) is 15.2 Å². The van der Waals surface area contributed by atoms with Crippen LogP contribution in [-0.4, -0.2) is 39.7 Å². The van der Waals surface area contributed by atoms with E-state index in [1.54, 1.807) is 24.0 Å². The van der Waals surface area contributed by atoms with E-state index in [0.29, 0.717) is 12.3 Å². The molecule has 0 radical (unpaired) electrons. The maximum atomic E-state index is 11.7. The maximum absolute atomic E-state index is 11.7. The summed E-state index contributed by atoms with van der Waals surface area (Å²) in [7, 11) is 1.88. The number of hydrogen-bond donors (Lipinski definition) is 0. The maximum Gasteiger partial charge on any atom is 0.149 e. The van der Waals surface area contributed by atoms with E-state index in [-0.39, 0.29) is 11.8 Å². The van der Waals surface area contributed by atoms with Crippen molar-refractivity contribution in [1.82, 2.24) is 33.9 Å². The van der Waals surface area contributed by atoms with Crippen molar-refractivity contribution in [3.8, 4) is 22.6 Å². The van der Waals surface area contributed by atoms with Gasteiger partial charge in [-0.05, 0) is 25.7 Å². The van der Waals surface area contributed by atoms with Gasteiger partial charge in [0.25, 0.3) is 0 Å². The smallest absolute Gasteiger partial charge is 0.149 e. The van der Waals surface area contributed by atoms with E-state index in [4.69, 9.17) is 4.98 Å². The molecular formula is C20H21N7O. The summed E-state index contributed by atoms with van der Waals surface area (Å²) in [6.45, 7) is 1.65. The molecule has 8 nitrogen and oxygen atoms in total. The van der Waals surface area contributed by atoms with E-state index in [0.717, 1.165) is 41.1 Å². The van der Waals surface area contributed by atoms with E-state index >= 15 is 0 Å². The number of fused-ring (bicyclic) bond motifs is 1. The summed E-state index contributed by atoms with van der Waals surface area (Å²) in [6, 6.07) is 2.08. The van der Waals surface area contributed by atoms with E-state index < -0.39 is 0 Å². The number of carbonyl (C=O) groups is 1. The van der Waals surface area contributed by atoms with Crippen molar-refractivity contribution in [3.05, 3.63) is 43.2 Å². The van der Waals surface area contributed by atoms with E-state index in [1.165, 1.54) is 0 Å². The van der Waals surface area contributed by atoms with Crippen molar-refractivity contribution < 1.29 is 4.79 Å².